The van der Waals surface area contributed by atoms with Crippen molar-refractivity contribution in [2.45, 2.75) is 6.10 Å². The molecule has 0 aliphatic carbocycles. The summed E-state index contributed by atoms with van der Waals surface area (Å²) >= 11 is 5.04. The first-order valence-electron chi connectivity index (χ1n) is 2.36. The second-order valence-electron chi connectivity index (χ2n) is 1.44. The number of aliphatic hydroxyl groups excluding tert-OH is 2. The van der Waals surface area contributed by atoms with Crippen molar-refractivity contribution in [3.05, 3.63) is 0 Å². The molecule has 8 heteroatoms. The molecule has 0 radical (unpaired) electrons. The lowest BCUT2D eigenvalue weighted by molar-refractivity contribution is 0.112. The Hall–Kier alpha value is 0.0800. The zero-order valence-electron chi connectivity index (χ0n) is 5.38. The number of hydrogen-bond donors (Lipinski definition) is 4. The first-order chi connectivity index (χ1) is 4.81. The van der Waals surface area contributed by atoms with Crippen LogP contribution < -0.4 is 0 Å². The molecule has 0 aromatic carbocycles. The number of aliphatic hydroxyl groups is 2. The fourth-order valence-corrected chi connectivity index (χ4v) is 0.146. The molecule has 0 aromatic heterocycles. The van der Waals surface area contributed by atoms with E-state index < -0.39 is 16.5 Å². The third-order valence-electron chi connectivity index (χ3n) is 0.389. The van der Waals surface area contributed by atoms with Gasteiger partial charge < -0.3 is 10.2 Å². The Kier molecular flexibility index (Phi) is 8.40. The highest BCUT2D eigenvalue weighted by Crippen LogP contribution is 1.81. The summed E-state index contributed by atoms with van der Waals surface area (Å²) in [6, 6.07) is 0. The van der Waals surface area contributed by atoms with E-state index in [0.29, 0.717) is 0 Å². The molecule has 0 saturated heterocycles. The Morgan fingerprint density at radius 2 is 1.64 bits per heavy atom. The molecular formula is C3H9ClO6S. The lowest BCUT2D eigenvalue weighted by Crippen LogP contribution is -2.12. The second kappa shape index (κ2) is 6.77. The minimum absolute atomic E-state index is 0.108. The van der Waals surface area contributed by atoms with Crippen molar-refractivity contribution in [2.75, 3.05) is 12.5 Å². The van der Waals surface area contributed by atoms with Crippen LogP contribution in [0.3, 0.4) is 0 Å². The lowest BCUT2D eigenvalue weighted by Gasteiger charge is -1.95. The summed E-state index contributed by atoms with van der Waals surface area (Å²) in [5, 5.41) is 16.3. The van der Waals surface area contributed by atoms with E-state index in [1.165, 1.54) is 0 Å². The Balaban J connectivity index is 0. The van der Waals surface area contributed by atoms with Crippen molar-refractivity contribution in [1.82, 2.24) is 0 Å². The van der Waals surface area contributed by atoms with Crippen LogP contribution in [0.4, 0.5) is 0 Å². The first kappa shape index (κ1) is 13.7. The maximum absolute atomic E-state index is 8.74. The Labute approximate surface area is 69.0 Å². The van der Waals surface area contributed by atoms with Crippen molar-refractivity contribution in [2.24, 2.45) is 0 Å². The van der Waals surface area contributed by atoms with Gasteiger partial charge in [-0.05, 0) is 0 Å². The van der Waals surface area contributed by atoms with Gasteiger partial charge in [0.15, 0.2) is 0 Å². The molecule has 70 valence electrons. The molecule has 0 rings (SSSR count). The highest BCUT2D eigenvalue weighted by Gasteiger charge is 1.94. The first-order valence-corrected chi connectivity index (χ1v) is 4.29. The van der Waals surface area contributed by atoms with Crippen LogP contribution in [0.15, 0.2) is 0 Å². The average molecular weight is 209 g/mol. The van der Waals surface area contributed by atoms with Gasteiger partial charge in [-0.1, -0.05) is 0 Å². The molecule has 1 unspecified atom stereocenters. The number of halogens is 1. The topological polar surface area (TPSA) is 115 Å². The van der Waals surface area contributed by atoms with Gasteiger partial charge in [-0.2, -0.15) is 8.42 Å². The van der Waals surface area contributed by atoms with Gasteiger partial charge in [0.2, 0.25) is 0 Å². The molecule has 0 heterocycles. The van der Waals surface area contributed by atoms with E-state index in [-0.39, 0.29) is 12.5 Å². The maximum Gasteiger partial charge on any atom is 0.394 e. The molecule has 0 aliphatic rings. The molecule has 0 spiro atoms. The Bertz CT molecular complexity index is 153. The van der Waals surface area contributed by atoms with Crippen LogP contribution in [-0.2, 0) is 10.4 Å². The van der Waals surface area contributed by atoms with E-state index in [0.717, 1.165) is 0 Å². The van der Waals surface area contributed by atoms with E-state index in [9.17, 15) is 0 Å². The summed E-state index contributed by atoms with van der Waals surface area (Å²) in [5.74, 6) is 0.108. The van der Waals surface area contributed by atoms with Gasteiger partial charge in [0, 0.05) is 0 Å². The fourth-order valence-electron chi connectivity index (χ4n) is 0.0488. The summed E-state index contributed by atoms with van der Waals surface area (Å²) < 4.78 is 31.6. The van der Waals surface area contributed by atoms with Gasteiger partial charge in [-0.3, -0.25) is 9.11 Å². The summed E-state index contributed by atoms with van der Waals surface area (Å²) in [4.78, 5) is 0. The highest BCUT2D eigenvalue weighted by molar-refractivity contribution is 7.79. The summed E-state index contributed by atoms with van der Waals surface area (Å²) in [6.07, 6.45) is -0.744. The molecule has 0 bridgehead atoms. The molecule has 0 fully saturated rings. The van der Waals surface area contributed by atoms with E-state index in [4.69, 9.17) is 39.3 Å². The van der Waals surface area contributed by atoms with Crippen LogP contribution in [0.2, 0.25) is 0 Å². The lowest BCUT2D eigenvalue weighted by atomic mass is 10.5. The molecule has 1 atom stereocenters. The minimum Gasteiger partial charge on any atom is -0.394 e. The minimum atomic E-state index is -4.67. The van der Waals surface area contributed by atoms with Crippen LogP contribution in [0, 0.1) is 0 Å². The monoisotopic (exact) mass is 208 g/mol. The van der Waals surface area contributed by atoms with Gasteiger partial charge in [0.1, 0.15) is 0 Å². The van der Waals surface area contributed by atoms with Crippen molar-refractivity contribution < 1.29 is 27.7 Å². The van der Waals surface area contributed by atoms with E-state index in [1.54, 1.807) is 0 Å². The molecule has 4 N–H and O–H groups in total. The smallest absolute Gasteiger partial charge is 0.394 e. The predicted molar refractivity (Wildman–Crippen MR) is 38.0 cm³/mol. The molecule has 0 saturated carbocycles. The maximum atomic E-state index is 8.74. The second-order valence-corrected chi connectivity index (χ2v) is 2.64. The van der Waals surface area contributed by atoms with Crippen LogP contribution >= 0.6 is 11.6 Å². The van der Waals surface area contributed by atoms with Gasteiger partial charge >= 0.3 is 10.4 Å². The molecular weight excluding hydrogens is 200 g/mol. The standard InChI is InChI=1S/C3H7ClO2.H2O4S/c4-1-3(6)2-5;1-5(2,3)4/h3,5-6H,1-2H2;(H2,1,2,3,4). The van der Waals surface area contributed by atoms with Crippen molar-refractivity contribution in [1.29, 1.82) is 0 Å². The van der Waals surface area contributed by atoms with Gasteiger partial charge in [-0.25, -0.2) is 0 Å². The number of rotatable bonds is 2. The quantitative estimate of drug-likeness (QED) is 0.339. The van der Waals surface area contributed by atoms with Gasteiger partial charge in [0.05, 0.1) is 18.6 Å². The van der Waals surface area contributed by atoms with Crippen molar-refractivity contribution in [3.63, 3.8) is 0 Å². The largest absolute Gasteiger partial charge is 0.394 e. The summed E-state index contributed by atoms with van der Waals surface area (Å²) in [6.45, 7) is -0.247. The Morgan fingerprint density at radius 3 is 1.64 bits per heavy atom. The number of hydrogen-bond acceptors (Lipinski definition) is 4. The van der Waals surface area contributed by atoms with Crippen LogP contribution in [0.25, 0.3) is 0 Å². The average Bonchev–Trinajstić information content (AvgIpc) is 1.83. The number of alkyl halides is 1. The summed E-state index contributed by atoms with van der Waals surface area (Å²) in [5.41, 5.74) is 0. The predicted octanol–water partition coefficient (Wildman–Crippen LogP) is -1.07. The molecule has 11 heavy (non-hydrogen) atoms. The Morgan fingerprint density at radius 1 is 1.36 bits per heavy atom. The van der Waals surface area contributed by atoms with E-state index >= 15 is 0 Å². The molecule has 0 aromatic rings. The van der Waals surface area contributed by atoms with Gasteiger partial charge in [0.25, 0.3) is 0 Å². The SMILES string of the molecule is O=S(=O)(O)O.OCC(O)CCl. The highest BCUT2D eigenvalue weighted by atomic mass is 35.5. The molecule has 0 aliphatic heterocycles. The van der Waals surface area contributed by atoms with E-state index in [1.807, 2.05) is 0 Å². The van der Waals surface area contributed by atoms with Crippen LogP contribution in [-0.4, -0.2) is 46.3 Å². The summed E-state index contributed by atoms with van der Waals surface area (Å²) in [7, 11) is -4.67. The third-order valence-corrected chi connectivity index (χ3v) is 0.745. The third kappa shape index (κ3) is 39.5. The molecule has 0 amide bonds. The fraction of sp³-hybridized carbons (Fsp3) is 1.00. The van der Waals surface area contributed by atoms with Gasteiger partial charge in [-0.15, -0.1) is 11.6 Å². The van der Waals surface area contributed by atoms with Crippen molar-refractivity contribution in [3.8, 4) is 0 Å². The zero-order valence-corrected chi connectivity index (χ0v) is 6.96. The van der Waals surface area contributed by atoms with Crippen LogP contribution in [0.1, 0.15) is 0 Å². The van der Waals surface area contributed by atoms with Crippen LogP contribution in [0.5, 0.6) is 0 Å². The molecule has 6 nitrogen and oxygen atoms in total. The van der Waals surface area contributed by atoms with Crippen molar-refractivity contribution >= 4 is 22.0 Å². The van der Waals surface area contributed by atoms with E-state index in [2.05, 4.69) is 0 Å². The zero-order chi connectivity index (χ0) is 9.49. The normalized spacial score (nSPS) is 13.2.